The Balaban J connectivity index is 1.97. The first-order chi connectivity index (χ1) is 10.2. The van der Waals surface area contributed by atoms with Crippen LogP contribution in [0.15, 0.2) is 48.8 Å². The van der Waals surface area contributed by atoms with Crippen molar-refractivity contribution in [2.24, 2.45) is 0 Å². The molecule has 5 nitrogen and oxygen atoms in total. The van der Waals surface area contributed by atoms with Crippen LogP contribution in [-0.4, -0.2) is 26.7 Å². The lowest BCUT2D eigenvalue weighted by atomic mass is 9.80. The number of aromatic nitrogens is 2. The van der Waals surface area contributed by atoms with Gasteiger partial charge >= 0.3 is 7.12 Å². The van der Waals surface area contributed by atoms with Crippen molar-refractivity contribution in [3.8, 4) is 6.07 Å². The van der Waals surface area contributed by atoms with Gasteiger partial charge < -0.3 is 14.6 Å². The Morgan fingerprint density at radius 2 is 1.90 bits per heavy atom. The molecule has 0 bridgehead atoms. The van der Waals surface area contributed by atoms with Crippen LogP contribution in [0.1, 0.15) is 11.1 Å². The van der Waals surface area contributed by atoms with Gasteiger partial charge in [0, 0.05) is 6.54 Å². The number of benzene rings is 2. The van der Waals surface area contributed by atoms with Gasteiger partial charge in [-0.15, -0.1) is 0 Å². The Hall–Kier alpha value is -2.62. The van der Waals surface area contributed by atoms with Gasteiger partial charge in [-0.05, 0) is 23.2 Å². The normalized spacial score (nSPS) is 10.5. The summed E-state index contributed by atoms with van der Waals surface area (Å²) in [6.07, 6.45) is 1.71. The lowest BCUT2D eigenvalue weighted by Gasteiger charge is -2.07. The van der Waals surface area contributed by atoms with Gasteiger partial charge in [0.25, 0.3) is 0 Å². The van der Waals surface area contributed by atoms with E-state index in [9.17, 15) is 5.26 Å². The molecule has 21 heavy (non-hydrogen) atoms. The van der Waals surface area contributed by atoms with Gasteiger partial charge in [0.05, 0.1) is 22.9 Å². The van der Waals surface area contributed by atoms with E-state index in [1.54, 1.807) is 24.5 Å². The monoisotopic (exact) mass is 277 g/mol. The summed E-state index contributed by atoms with van der Waals surface area (Å²) in [7, 11) is -1.46. The summed E-state index contributed by atoms with van der Waals surface area (Å²) in [5.41, 5.74) is 3.63. The molecule has 0 fully saturated rings. The Bertz CT molecular complexity index is 819. The molecule has 0 amide bonds. The van der Waals surface area contributed by atoms with Crippen molar-refractivity contribution >= 4 is 23.6 Å². The zero-order chi connectivity index (χ0) is 14.8. The maximum absolute atomic E-state index is 9.20. The zero-order valence-corrected chi connectivity index (χ0v) is 11.1. The minimum atomic E-state index is -1.46. The summed E-state index contributed by atoms with van der Waals surface area (Å²) in [4.78, 5) is 4.30. The van der Waals surface area contributed by atoms with Crippen LogP contribution in [0.4, 0.5) is 0 Å². The molecule has 3 rings (SSSR count). The van der Waals surface area contributed by atoms with Crippen molar-refractivity contribution in [1.29, 1.82) is 5.26 Å². The van der Waals surface area contributed by atoms with E-state index in [1.807, 2.05) is 28.8 Å². The van der Waals surface area contributed by atoms with Crippen LogP contribution in [0.3, 0.4) is 0 Å². The highest BCUT2D eigenvalue weighted by atomic mass is 16.4. The summed E-state index contributed by atoms with van der Waals surface area (Å²) in [6.45, 7) is 0.566. The highest BCUT2D eigenvalue weighted by Crippen LogP contribution is 2.18. The molecule has 0 spiro atoms. The fraction of sp³-hybridized carbons (Fsp3) is 0.0667. The molecule has 0 saturated carbocycles. The third-order valence-electron chi connectivity index (χ3n) is 3.39. The predicted octanol–water partition coefficient (Wildman–Crippen LogP) is 0.636. The number of hydrogen-bond acceptors (Lipinski definition) is 4. The smallest absolute Gasteiger partial charge is 0.423 e. The first-order valence-electron chi connectivity index (χ1n) is 6.48. The van der Waals surface area contributed by atoms with E-state index < -0.39 is 7.12 Å². The van der Waals surface area contributed by atoms with Crippen LogP contribution in [0.25, 0.3) is 11.0 Å². The average molecular weight is 277 g/mol. The largest absolute Gasteiger partial charge is 0.488 e. The van der Waals surface area contributed by atoms with Crippen LogP contribution in [-0.2, 0) is 6.54 Å². The summed E-state index contributed by atoms with van der Waals surface area (Å²) < 4.78 is 1.91. The average Bonchev–Trinajstić information content (AvgIpc) is 2.91. The van der Waals surface area contributed by atoms with E-state index in [2.05, 4.69) is 11.1 Å². The fourth-order valence-corrected chi connectivity index (χ4v) is 2.33. The van der Waals surface area contributed by atoms with Crippen molar-refractivity contribution in [2.75, 3.05) is 0 Å². The Morgan fingerprint density at radius 1 is 1.14 bits per heavy atom. The van der Waals surface area contributed by atoms with E-state index in [0.29, 0.717) is 17.6 Å². The van der Waals surface area contributed by atoms with Crippen LogP contribution in [0.5, 0.6) is 0 Å². The maximum Gasteiger partial charge on any atom is 0.488 e. The van der Waals surface area contributed by atoms with Gasteiger partial charge in [0.15, 0.2) is 0 Å². The molecule has 2 N–H and O–H groups in total. The summed E-state index contributed by atoms with van der Waals surface area (Å²) in [6, 6.07) is 14.6. The maximum atomic E-state index is 9.20. The molecule has 0 aliphatic heterocycles. The Morgan fingerprint density at radius 3 is 2.57 bits per heavy atom. The van der Waals surface area contributed by atoms with Crippen molar-refractivity contribution in [3.05, 3.63) is 59.9 Å². The first-order valence-corrected chi connectivity index (χ1v) is 6.48. The SMILES string of the molecule is N#Cc1cccc2ncn(Cc3ccc(B(O)O)cc3)c12. The number of hydrogen-bond donors (Lipinski definition) is 2. The van der Waals surface area contributed by atoms with Gasteiger partial charge in [-0.3, -0.25) is 0 Å². The van der Waals surface area contributed by atoms with E-state index in [-0.39, 0.29) is 0 Å². The summed E-state index contributed by atoms with van der Waals surface area (Å²) >= 11 is 0. The number of nitrogens with zero attached hydrogens (tertiary/aromatic N) is 3. The molecule has 0 unspecified atom stereocenters. The van der Waals surface area contributed by atoms with Crippen molar-refractivity contribution in [1.82, 2.24) is 9.55 Å². The van der Waals surface area contributed by atoms with E-state index in [1.165, 1.54) is 0 Å². The van der Waals surface area contributed by atoms with Crippen molar-refractivity contribution in [2.45, 2.75) is 6.54 Å². The van der Waals surface area contributed by atoms with Crippen molar-refractivity contribution in [3.63, 3.8) is 0 Å². The number of nitriles is 1. The van der Waals surface area contributed by atoms with E-state index in [0.717, 1.165) is 16.6 Å². The van der Waals surface area contributed by atoms with Crippen LogP contribution < -0.4 is 5.46 Å². The van der Waals surface area contributed by atoms with Crippen molar-refractivity contribution < 1.29 is 10.0 Å². The standard InChI is InChI=1S/C15H12BN3O2/c17-8-12-2-1-3-14-15(12)19(10-18-14)9-11-4-6-13(7-5-11)16(20)21/h1-7,10,20-21H,9H2. The third kappa shape index (κ3) is 2.52. The number of para-hydroxylation sites is 1. The topological polar surface area (TPSA) is 82.1 Å². The molecule has 0 radical (unpaired) electrons. The summed E-state index contributed by atoms with van der Waals surface area (Å²) in [5, 5.41) is 27.4. The quantitative estimate of drug-likeness (QED) is 0.688. The molecule has 0 aliphatic carbocycles. The highest BCUT2D eigenvalue weighted by Gasteiger charge is 2.11. The van der Waals surface area contributed by atoms with Crippen LogP contribution in [0.2, 0.25) is 0 Å². The molecule has 1 heterocycles. The predicted molar refractivity (Wildman–Crippen MR) is 79.8 cm³/mol. The number of imidazole rings is 1. The van der Waals surface area contributed by atoms with Gasteiger partial charge in [-0.25, -0.2) is 4.98 Å². The van der Waals surface area contributed by atoms with Gasteiger partial charge in [0.2, 0.25) is 0 Å². The van der Waals surface area contributed by atoms with Gasteiger partial charge in [-0.2, -0.15) is 5.26 Å². The molecular formula is C15H12BN3O2. The van der Waals surface area contributed by atoms with Gasteiger partial charge in [0.1, 0.15) is 6.07 Å². The molecule has 0 aliphatic rings. The first kappa shape index (κ1) is 13.4. The Kier molecular flexibility index (Phi) is 3.44. The lowest BCUT2D eigenvalue weighted by molar-refractivity contribution is 0.426. The minimum Gasteiger partial charge on any atom is -0.423 e. The Labute approximate surface area is 121 Å². The number of rotatable bonds is 3. The lowest BCUT2D eigenvalue weighted by Crippen LogP contribution is -2.29. The molecule has 3 aromatic rings. The molecule has 102 valence electrons. The molecule has 1 aromatic heterocycles. The molecular weight excluding hydrogens is 265 g/mol. The van der Waals surface area contributed by atoms with E-state index in [4.69, 9.17) is 10.0 Å². The fourth-order valence-electron chi connectivity index (χ4n) is 2.33. The number of fused-ring (bicyclic) bond motifs is 1. The van der Waals surface area contributed by atoms with Gasteiger partial charge in [-0.1, -0.05) is 30.3 Å². The molecule has 0 saturated heterocycles. The molecule has 2 aromatic carbocycles. The minimum absolute atomic E-state index is 0.451. The highest BCUT2D eigenvalue weighted by molar-refractivity contribution is 6.58. The zero-order valence-electron chi connectivity index (χ0n) is 11.1. The molecule has 6 heteroatoms. The van der Waals surface area contributed by atoms with E-state index >= 15 is 0 Å². The van der Waals surface area contributed by atoms with Crippen LogP contribution in [0, 0.1) is 11.3 Å². The second-order valence-corrected chi connectivity index (χ2v) is 4.77. The van der Waals surface area contributed by atoms with Crippen LogP contribution >= 0.6 is 0 Å². The summed E-state index contributed by atoms with van der Waals surface area (Å²) in [5.74, 6) is 0. The second kappa shape index (κ2) is 5.41. The third-order valence-corrected chi connectivity index (χ3v) is 3.39. The molecule has 0 atom stereocenters. The second-order valence-electron chi connectivity index (χ2n) is 4.77.